The molecule has 1 atom stereocenters. The molecular formula is C16H17NO5. The first-order chi connectivity index (χ1) is 10.5. The Hall–Kier alpha value is -2.76. The number of rotatable bonds is 6. The normalized spacial score (nSPS) is 11.9. The number of benzene rings is 1. The third kappa shape index (κ3) is 3.66. The van der Waals surface area contributed by atoms with E-state index in [1.54, 1.807) is 12.1 Å². The molecule has 2 rings (SSSR count). The molecule has 22 heavy (non-hydrogen) atoms. The third-order valence-electron chi connectivity index (χ3n) is 3.07. The molecule has 1 amide bonds. The van der Waals surface area contributed by atoms with E-state index >= 15 is 0 Å². The van der Waals surface area contributed by atoms with Crippen molar-refractivity contribution in [3.8, 4) is 5.75 Å². The summed E-state index contributed by atoms with van der Waals surface area (Å²) >= 11 is 0. The largest absolute Gasteiger partial charge is 0.508 e. The van der Waals surface area contributed by atoms with Gasteiger partial charge in [-0.05, 0) is 19.1 Å². The number of nitrogens with one attached hydrogen (secondary N) is 1. The highest BCUT2D eigenvalue weighted by Crippen LogP contribution is 2.25. The summed E-state index contributed by atoms with van der Waals surface area (Å²) in [5, 5.41) is 12.6. The van der Waals surface area contributed by atoms with Gasteiger partial charge < -0.3 is 19.6 Å². The summed E-state index contributed by atoms with van der Waals surface area (Å²) in [5.41, 5.74) is 1.12. The number of amides is 1. The maximum atomic E-state index is 11.9. The van der Waals surface area contributed by atoms with E-state index in [1.807, 2.05) is 0 Å². The van der Waals surface area contributed by atoms with Crippen molar-refractivity contribution in [1.29, 1.82) is 0 Å². The van der Waals surface area contributed by atoms with Crippen LogP contribution < -0.4 is 5.32 Å². The molecular weight excluding hydrogens is 286 g/mol. The van der Waals surface area contributed by atoms with E-state index in [0.717, 1.165) is 5.39 Å². The molecule has 0 aliphatic heterocycles. The fraction of sp³-hybridized carbons (Fsp3) is 0.250. The number of phenols is 1. The Kier molecular flexibility index (Phi) is 4.83. The average molecular weight is 303 g/mol. The summed E-state index contributed by atoms with van der Waals surface area (Å²) in [7, 11) is 0. The molecule has 0 aliphatic rings. The zero-order valence-electron chi connectivity index (χ0n) is 12.2. The van der Waals surface area contributed by atoms with E-state index in [0.29, 0.717) is 17.7 Å². The Morgan fingerprint density at radius 2 is 2.27 bits per heavy atom. The van der Waals surface area contributed by atoms with Crippen LogP contribution in [0.25, 0.3) is 11.0 Å². The maximum Gasteiger partial charge on any atom is 0.311 e. The van der Waals surface area contributed by atoms with Crippen LogP contribution in [0, 0.1) is 0 Å². The second-order valence-electron chi connectivity index (χ2n) is 4.78. The van der Waals surface area contributed by atoms with Gasteiger partial charge in [0.25, 0.3) is 5.91 Å². The Morgan fingerprint density at radius 1 is 1.50 bits per heavy atom. The predicted molar refractivity (Wildman–Crippen MR) is 80.3 cm³/mol. The minimum Gasteiger partial charge on any atom is -0.508 e. The first-order valence-corrected chi connectivity index (χ1v) is 6.78. The number of phenolic OH excluding ortho intramolecular Hbond substituents is 1. The summed E-state index contributed by atoms with van der Waals surface area (Å²) in [5.74, 6) is -0.823. The van der Waals surface area contributed by atoms with Gasteiger partial charge in [-0.2, -0.15) is 0 Å². The Bertz CT molecular complexity index is 704. The minimum absolute atomic E-state index is 0.0170. The highest BCUT2D eigenvalue weighted by molar-refractivity contribution is 5.88. The predicted octanol–water partition coefficient (Wildman–Crippen LogP) is 1.91. The Labute approximate surface area is 127 Å². The van der Waals surface area contributed by atoms with Gasteiger partial charge in [-0.15, -0.1) is 6.58 Å². The molecule has 116 valence electrons. The Morgan fingerprint density at radius 3 is 3.00 bits per heavy atom. The fourth-order valence-corrected chi connectivity index (χ4v) is 1.97. The molecule has 1 aromatic carbocycles. The summed E-state index contributed by atoms with van der Waals surface area (Å²) in [4.78, 5) is 23.5. The molecule has 2 aromatic rings. The van der Waals surface area contributed by atoms with Crippen molar-refractivity contribution in [2.45, 2.75) is 19.4 Å². The van der Waals surface area contributed by atoms with Gasteiger partial charge in [0.2, 0.25) is 0 Å². The molecule has 6 nitrogen and oxygen atoms in total. The highest BCUT2D eigenvalue weighted by Gasteiger charge is 2.18. The molecule has 0 spiro atoms. The van der Waals surface area contributed by atoms with Crippen molar-refractivity contribution < 1.29 is 23.8 Å². The molecule has 0 saturated carbocycles. The SMILES string of the molecule is C=CCNC(=O)[C@@H](C)OC(=O)Cc1coc2cc(O)ccc12. The lowest BCUT2D eigenvalue weighted by molar-refractivity contribution is -0.154. The van der Waals surface area contributed by atoms with E-state index in [2.05, 4.69) is 11.9 Å². The number of carbonyl (C=O) groups excluding carboxylic acids is 2. The number of esters is 1. The van der Waals surface area contributed by atoms with Crippen molar-refractivity contribution >= 4 is 22.8 Å². The molecule has 0 fully saturated rings. The van der Waals surface area contributed by atoms with Gasteiger partial charge in [0, 0.05) is 23.6 Å². The van der Waals surface area contributed by atoms with Crippen LogP contribution in [-0.4, -0.2) is 29.6 Å². The van der Waals surface area contributed by atoms with Gasteiger partial charge in [-0.3, -0.25) is 9.59 Å². The van der Waals surface area contributed by atoms with E-state index < -0.39 is 12.1 Å². The number of hydrogen-bond acceptors (Lipinski definition) is 5. The summed E-state index contributed by atoms with van der Waals surface area (Å²) in [6.45, 7) is 5.31. The van der Waals surface area contributed by atoms with Crippen molar-refractivity contribution in [1.82, 2.24) is 5.32 Å². The van der Waals surface area contributed by atoms with Gasteiger partial charge in [-0.1, -0.05) is 6.08 Å². The molecule has 0 aliphatic carbocycles. The van der Waals surface area contributed by atoms with E-state index in [1.165, 1.54) is 25.3 Å². The fourth-order valence-electron chi connectivity index (χ4n) is 1.97. The molecule has 0 bridgehead atoms. The standard InChI is InChI=1S/C16H17NO5/c1-3-6-17-16(20)10(2)22-15(19)7-11-9-21-14-8-12(18)4-5-13(11)14/h3-5,8-10,18H,1,6-7H2,2H3,(H,17,20)/t10-/m1/s1. The van der Waals surface area contributed by atoms with Gasteiger partial charge >= 0.3 is 5.97 Å². The van der Waals surface area contributed by atoms with Gasteiger partial charge in [0.15, 0.2) is 6.10 Å². The Balaban J connectivity index is 1.99. The van der Waals surface area contributed by atoms with Crippen molar-refractivity contribution in [3.05, 3.63) is 42.7 Å². The van der Waals surface area contributed by atoms with Crippen LogP contribution in [0.15, 0.2) is 41.5 Å². The van der Waals surface area contributed by atoms with Crippen LogP contribution in [0.3, 0.4) is 0 Å². The number of ether oxygens (including phenoxy) is 1. The topological polar surface area (TPSA) is 88.8 Å². The summed E-state index contributed by atoms with van der Waals surface area (Å²) < 4.78 is 10.4. The summed E-state index contributed by atoms with van der Waals surface area (Å²) in [6, 6.07) is 4.64. The number of fused-ring (bicyclic) bond motifs is 1. The van der Waals surface area contributed by atoms with Crippen molar-refractivity contribution in [2.24, 2.45) is 0 Å². The van der Waals surface area contributed by atoms with Crippen molar-refractivity contribution in [2.75, 3.05) is 6.54 Å². The monoisotopic (exact) mass is 303 g/mol. The number of furan rings is 1. The second kappa shape index (κ2) is 6.80. The number of carbonyl (C=O) groups is 2. The lowest BCUT2D eigenvalue weighted by atomic mass is 10.1. The van der Waals surface area contributed by atoms with Crippen LogP contribution in [0.1, 0.15) is 12.5 Å². The van der Waals surface area contributed by atoms with Crippen LogP contribution in [0.2, 0.25) is 0 Å². The lowest BCUT2D eigenvalue weighted by Gasteiger charge is -2.12. The molecule has 0 saturated heterocycles. The number of hydrogen-bond donors (Lipinski definition) is 2. The van der Waals surface area contributed by atoms with Gasteiger partial charge in [0.1, 0.15) is 11.3 Å². The van der Waals surface area contributed by atoms with Crippen LogP contribution >= 0.6 is 0 Å². The van der Waals surface area contributed by atoms with Gasteiger partial charge in [0.05, 0.1) is 12.7 Å². The second-order valence-corrected chi connectivity index (χ2v) is 4.78. The molecule has 6 heteroatoms. The third-order valence-corrected chi connectivity index (χ3v) is 3.07. The molecule has 0 unspecified atom stereocenters. The zero-order chi connectivity index (χ0) is 16.1. The van der Waals surface area contributed by atoms with Crippen LogP contribution in [-0.2, 0) is 20.7 Å². The van der Waals surface area contributed by atoms with E-state index in [4.69, 9.17) is 9.15 Å². The van der Waals surface area contributed by atoms with Crippen molar-refractivity contribution in [3.63, 3.8) is 0 Å². The maximum absolute atomic E-state index is 11.9. The lowest BCUT2D eigenvalue weighted by Crippen LogP contribution is -2.36. The summed E-state index contributed by atoms with van der Waals surface area (Å²) in [6.07, 6.45) is 2.08. The first-order valence-electron chi connectivity index (χ1n) is 6.78. The average Bonchev–Trinajstić information content (AvgIpc) is 2.86. The van der Waals surface area contributed by atoms with Gasteiger partial charge in [-0.25, -0.2) is 0 Å². The quantitative estimate of drug-likeness (QED) is 0.628. The molecule has 2 N–H and O–H groups in total. The molecule has 1 aromatic heterocycles. The van der Waals surface area contributed by atoms with E-state index in [9.17, 15) is 14.7 Å². The van der Waals surface area contributed by atoms with Crippen LogP contribution in [0.5, 0.6) is 5.75 Å². The molecule has 1 heterocycles. The highest BCUT2D eigenvalue weighted by atomic mass is 16.5. The van der Waals surface area contributed by atoms with E-state index in [-0.39, 0.29) is 18.1 Å². The number of aromatic hydroxyl groups is 1. The minimum atomic E-state index is -0.880. The smallest absolute Gasteiger partial charge is 0.311 e. The first kappa shape index (κ1) is 15.6. The molecule has 0 radical (unpaired) electrons. The van der Waals surface area contributed by atoms with Crippen LogP contribution in [0.4, 0.5) is 0 Å². The zero-order valence-corrected chi connectivity index (χ0v) is 12.2.